The molecule has 6 aromatic heterocycles. The van der Waals surface area contributed by atoms with E-state index in [1.807, 2.05) is 36.5 Å². The lowest BCUT2D eigenvalue weighted by Crippen LogP contribution is -2.54. The summed E-state index contributed by atoms with van der Waals surface area (Å²) < 4.78 is 32.6. The Morgan fingerprint density at radius 2 is 0.302 bits per heavy atom. The van der Waals surface area contributed by atoms with Gasteiger partial charge >= 0.3 is 102 Å². The number of unbranched alkanes of at least 4 members (excludes halogenated alkanes) is 12. The van der Waals surface area contributed by atoms with Gasteiger partial charge in [-0.25, -0.2) is 169 Å². The van der Waals surface area contributed by atoms with Crippen LogP contribution in [0.5, 0.6) is 0 Å². The Labute approximate surface area is 751 Å². The minimum Gasteiger partial charge on any atom is -0.385 e. The number of hydrogen-bond acceptors (Lipinski definition) is 21. The van der Waals surface area contributed by atoms with Crippen molar-refractivity contribution in [2.75, 3.05) is 41.2 Å². The van der Waals surface area contributed by atoms with Gasteiger partial charge in [0.1, 0.15) is 0 Å². The molecule has 39 nitrogen and oxygen atoms in total. The van der Waals surface area contributed by atoms with E-state index >= 15 is 0 Å². The molecule has 0 N–H and O–H groups in total. The predicted octanol–water partition coefficient (Wildman–Crippen LogP) is 4.36. The predicted molar refractivity (Wildman–Crippen MR) is 513 cm³/mol. The molecule has 720 valence electrons. The van der Waals surface area contributed by atoms with Crippen LogP contribution in [-0.2, 0) is 137 Å². The third-order valence-electron chi connectivity index (χ3n) is 18.8. The van der Waals surface area contributed by atoms with Crippen molar-refractivity contribution in [3.63, 3.8) is 0 Å². The van der Waals surface area contributed by atoms with Gasteiger partial charge in [-0.2, -0.15) is 0 Å². The molecular weight excluding hydrogens is 1670 g/mol. The SMILES string of the molecule is C=CCCCCOC.C=CCCCCn1c(=O)n(CCCCC=C)c(=O)n(CCCCC=C)c1=O.C=CCCCOC.C=CCCCn1c(=O)n(CCCC=C)c(=O)n(CCCC=C)c1=O.C=CCCOC.C=CCCn1c(=O)n(CCC=C)c(=O)n(CCC=C)c1=O.Cn1c(=O)n(C)c(=O)n(C)c1=O.Cn1c(=O)n(C)c(=O)n(C)c1=O.Cn1c(=O)n(C)c(=O)n(C)c1=O. The Morgan fingerprint density at radius 1 is 0.163 bits per heavy atom. The van der Waals surface area contributed by atoms with Crippen LogP contribution in [-0.4, -0.2) is 123 Å². The van der Waals surface area contributed by atoms with Crippen LogP contribution in [0.1, 0.15) is 154 Å². The van der Waals surface area contributed by atoms with Crippen LogP contribution in [0, 0.1) is 0 Å². The molecular formula is C90H144N18O21. The minimum atomic E-state index is -0.608. The number of nitrogens with zero attached hydrogens (tertiary/aromatic N) is 18. The zero-order valence-corrected chi connectivity index (χ0v) is 78.5. The number of allylic oxidation sites excluding steroid dienone is 11. The molecule has 6 heterocycles. The molecule has 39 heteroatoms. The minimum absolute atomic E-state index is 0.212. The van der Waals surface area contributed by atoms with Crippen LogP contribution in [0.15, 0.2) is 238 Å². The number of ether oxygens (including phenoxy) is 3. The molecule has 6 rings (SSSR count). The van der Waals surface area contributed by atoms with Gasteiger partial charge in [-0.1, -0.05) is 72.9 Å². The van der Waals surface area contributed by atoms with Gasteiger partial charge in [0.15, 0.2) is 0 Å². The largest absolute Gasteiger partial charge is 0.385 e. The van der Waals surface area contributed by atoms with Crippen molar-refractivity contribution in [2.45, 2.75) is 213 Å². The summed E-state index contributed by atoms with van der Waals surface area (Å²) in [5.41, 5.74) is -10.3. The standard InChI is InChI=1S/C21H33N3O3.C18H27N3O3.C15H21N3O3.C7H14O.3C6H9N3O3.C6H12O.C5H10O/c1-4-7-10-13-16-22-19(25)23(17-14-11-8-5-2)21(27)24(20(22)26)18-15-12-9-6-3;1-4-7-10-13-19-16(22)20(14-11-8-5-2)18(24)21(17(19)23)15-12-9-6-3;1-4-7-10-16-13(19)17(11-8-5-2)15(21)18(14(16)20)12-9-6-3;1-3-4-5-6-7-8-2;3*1-7-4(10)8(2)6(12)9(3)5(7)11;1-3-4-5-6-7-2;1-3-4-5-6-2/h4-6H,1-3,7-18H2;4-6H,1-3,7-15H2;4-6H,1-3,7-12H2;3H,1,4-7H2,2H3;3*1-3H3;3H,1,4-6H2,2H3;3H,1,4-5H2,2H3. The average molecular weight is 1810 g/mol. The Morgan fingerprint density at radius 3 is 0.465 bits per heavy atom. The Hall–Kier alpha value is -12.8. The Bertz CT molecular complexity index is 4840. The van der Waals surface area contributed by atoms with Crippen LogP contribution in [0.4, 0.5) is 0 Å². The summed E-state index contributed by atoms with van der Waals surface area (Å²) in [4.78, 5) is 212. The second kappa shape index (κ2) is 70.3. The molecule has 0 saturated heterocycles. The van der Waals surface area contributed by atoms with E-state index in [1.54, 1.807) is 57.8 Å². The molecule has 0 aliphatic rings. The van der Waals surface area contributed by atoms with Gasteiger partial charge < -0.3 is 14.2 Å². The van der Waals surface area contributed by atoms with Crippen LogP contribution < -0.4 is 102 Å². The van der Waals surface area contributed by atoms with Crippen LogP contribution in [0.2, 0.25) is 0 Å². The second-order valence-electron chi connectivity index (χ2n) is 28.6. The molecule has 0 aromatic carbocycles. The van der Waals surface area contributed by atoms with Gasteiger partial charge in [-0.05, 0) is 154 Å². The molecule has 0 unspecified atom stereocenters. The van der Waals surface area contributed by atoms with E-state index in [4.69, 9.17) is 14.2 Å². The molecule has 0 radical (unpaired) electrons. The summed E-state index contributed by atoms with van der Waals surface area (Å²) in [5.74, 6) is 0. The number of hydrogen-bond donors (Lipinski definition) is 0. The third kappa shape index (κ3) is 41.7. The molecule has 0 amide bonds. The maximum absolute atomic E-state index is 12.7. The second-order valence-corrected chi connectivity index (χ2v) is 28.6. The fourth-order valence-corrected chi connectivity index (χ4v) is 11.2. The number of rotatable bonds is 48. The normalized spacial score (nSPS) is 10.1. The van der Waals surface area contributed by atoms with Crippen molar-refractivity contribution in [3.8, 4) is 0 Å². The lowest BCUT2D eigenvalue weighted by Gasteiger charge is -2.14. The molecule has 0 aliphatic carbocycles. The molecule has 0 bridgehead atoms. The van der Waals surface area contributed by atoms with Crippen molar-refractivity contribution in [3.05, 3.63) is 341 Å². The molecule has 6 aromatic rings. The highest BCUT2D eigenvalue weighted by Gasteiger charge is 2.19. The lowest BCUT2D eigenvalue weighted by atomic mass is 10.2. The van der Waals surface area contributed by atoms with Gasteiger partial charge in [-0.15, -0.1) is 78.9 Å². The summed E-state index contributed by atoms with van der Waals surface area (Å²) in [6.45, 7) is 48.4. The number of methoxy groups -OCH3 is 3. The van der Waals surface area contributed by atoms with E-state index < -0.39 is 102 Å². The van der Waals surface area contributed by atoms with Crippen LogP contribution in [0.3, 0.4) is 0 Å². The number of aromatic nitrogens is 18. The smallest absolute Gasteiger partial charge is 0.336 e. The van der Waals surface area contributed by atoms with Gasteiger partial charge in [-0.3, -0.25) is 0 Å². The first-order valence-corrected chi connectivity index (χ1v) is 42.5. The van der Waals surface area contributed by atoms with Crippen molar-refractivity contribution < 1.29 is 14.2 Å². The highest BCUT2D eigenvalue weighted by atomic mass is 16.5. The maximum Gasteiger partial charge on any atom is 0.336 e. The summed E-state index contributed by atoms with van der Waals surface area (Å²) in [6.07, 6.45) is 40.5. The van der Waals surface area contributed by atoms with E-state index in [0.717, 1.165) is 159 Å². The molecule has 0 spiro atoms. The first-order chi connectivity index (χ1) is 61.4. The quantitative estimate of drug-likeness (QED) is 0.0378. The maximum atomic E-state index is 12.7. The monoisotopic (exact) mass is 1810 g/mol. The topological polar surface area (TPSA) is 424 Å². The van der Waals surface area contributed by atoms with Gasteiger partial charge in [0.25, 0.3) is 0 Å². The zero-order valence-electron chi connectivity index (χ0n) is 78.5. The van der Waals surface area contributed by atoms with E-state index in [9.17, 15) is 86.3 Å². The molecule has 0 aliphatic heterocycles. The molecule has 129 heavy (non-hydrogen) atoms. The lowest BCUT2D eigenvalue weighted by molar-refractivity contribution is 0.193. The first kappa shape index (κ1) is 120. The van der Waals surface area contributed by atoms with Crippen molar-refractivity contribution in [1.29, 1.82) is 0 Å². The van der Waals surface area contributed by atoms with Gasteiger partial charge in [0.2, 0.25) is 0 Å². The summed E-state index contributed by atoms with van der Waals surface area (Å²) in [5, 5.41) is 0. The Balaban J connectivity index is -0.00000144. The van der Waals surface area contributed by atoms with Gasteiger partial charge in [0, 0.05) is 163 Å². The highest BCUT2D eigenvalue weighted by molar-refractivity contribution is 4.87. The molecule has 0 saturated carbocycles. The third-order valence-corrected chi connectivity index (χ3v) is 18.8. The fraction of sp³-hybridized carbons (Fsp3) is 0.533. The van der Waals surface area contributed by atoms with Crippen LogP contribution in [0.25, 0.3) is 0 Å². The van der Waals surface area contributed by atoms with E-state index in [0.29, 0.717) is 96.7 Å². The van der Waals surface area contributed by atoms with E-state index in [1.165, 1.54) is 83.6 Å². The highest BCUT2D eigenvalue weighted by Crippen LogP contribution is 2.02. The summed E-state index contributed by atoms with van der Waals surface area (Å²) in [6, 6.07) is 0. The van der Waals surface area contributed by atoms with Gasteiger partial charge in [0.05, 0.1) is 0 Å². The Kier molecular flexibility index (Phi) is 65.6. The summed E-state index contributed by atoms with van der Waals surface area (Å²) >= 11 is 0. The zero-order chi connectivity index (χ0) is 98.8. The molecule has 0 atom stereocenters. The van der Waals surface area contributed by atoms with Crippen molar-refractivity contribution >= 4 is 0 Å². The van der Waals surface area contributed by atoms with E-state index in [2.05, 4.69) is 78.9 Å². The summed E-state index contributed by atoms with van der Waals surface area (Å²) in [7, 11) is 17.0. The van der Waals surface area contributed by atoms with Crippen molar-refractivity contribution in [2.24, 2.45) is 63.4 Å². The van der Waals surface area contributed by atoms with Crippen molar-refractivity contribution in [1.82, 2.24) is 82.2 Å². The average Bonchev–Trinajstić information content (AvgIpc) is 0.784. The fourth-order valence-electron chi connectivity index (χ4n) is 11.2. The van der Waals surface area contributed by atoms with E-state index in [-0.39, 0.29) is 39.3 Å². The first-order valence-electron chi connectivity index (χ1n) is 42.5. The van der Waals surface area contributed by atoms with Crippen LogP contribution >= 0.6 is 0 Å². The molecule has 0 fully saturated rings.